The van der Waals surface area contributed by atoms with Crippen LogP contribution in [0.4, 0.5) is 5.69 Å². The molecule has 37 heavy (non-hydrogen) atoms. The van der Waals surface area contributed by atoms with Gasteiger partial charge in [0.2, 0.25) is 0 Å². The second kappa shape index (κ2) is 10.1. The summed E-state index contributed by atoms with van der Waals surface area (Å²) in [6, 6.07) is 30.7. The van der Waals surface area contributed by atoms with Gasteiger partial charge in [-0.1, -0.05) is 54.6 Å². The van der Waals surface area contributed by atoms with Gasteiger partial charge in [-0.3, -0.25) is 9.59 Å². The van der Waals surface area contributed by atoms with Gasteiger partial charge in [-0.05, 0) is 68.5 Å². The molecule has 0 spiro atoms. The molecule has 6 rings (SSSR count). The van der Waals surface area contributed by atoms with Gasteiger partial charge in [0.05, 0.1) is 16.6 Å². The fraction of sp³-hybridized carbons (Fsp3) is 0.258. The molecule has 1 unspecified atom stereocenters. The first-order valence-electron chi connectivity index (χ1n) is 13.1. The van der Waals surface area contributed by atoms with E-state index in [9.17, 15) is 9.59 Å². The standard InChI is InChI=1S/C31H30N4O2/c36-30-26(16-11-19-32-30)29-31(37)35(28-18-9-8-17-27(28)33-29)25-20-23-14-10-15-24(21-25)34(23)22-12-6-4-2-1-3-5-7-13-22/h1-9,11-13,16-19,23-25H,10,14-15,20-21H2,(H,32,36)/t23-,24+,25?. The molecule has 2 aliphatic rings. The highest BCUT2D eigenvalue weighted by Gasteiger charge is 2.39. The van der Waals surface area contributed by atoms with Crippen molar-refractivity contribution < 1.29 is 0 Å². The van der Waals surface area contributed by atoms with Gasteiger partial charge in [0.1, 0.15) is 5.69 Å². The minimum atomic E-state index is -0.299. The van der Waals surface area contributed by atoms with E-state index in [1.165, 1.54) is 12.1 Å². The van der Waals surface area contributed by atoms with Crippen molar-refractivity contribution in [3.8, 4) is 11.3 Å². The van der Waals surface area contributed by atoms with Gasteiger partial charge in [-0.2, -0.15) is 0 Å². The Balaban J connectivity index is 1.45. The van der Waals surface area contributed by atoms with E-state index in [2.05, 4.69) is 51.3 Å². The number of H-pyrrole nitrogens is 1. The maximum Gasteiger partial charge on any atom is 0.278 e. The summed E-state index contributed by atoms with van der Waals surface area (Å²) in [6.07, 6.45) is 6.72. The predicted molar refractivity (Wildman–Crippen MR) is 148 cm³/mol. The minimum Gasteiger partial charge on any atom is -0.365 e. The Morgan fingerprint density at radius 2 is 1.38 bits per heavy atom. The molecular formula is C31H30N4O2. The summed E-state index contributed by atoms with van der Waals surface area (Å²) in [5.74, 6) is 0. The maximum absolute atomic E-state index is 14.0. The molecule has 0 amide bonds. The Bertz CT molecular complexity index is 1570. The molecule has 3 atom stereocenters. The van der Waals surface area contributed by atoms with Crippen molar-refractivity contribution in [3.63, 3.8) is 0 Å². The van der Waals surface area contributed by atoms with Gasteiger partial charge >= 0.3 is 0 Å². The van der Waals surface area contributed by atoms with Crippen molar-refractivity contribution >= 4 is 16.7 Å². The predicted octanol–water partition coefficient (Wildman–Crippen LogP) is 5.64. The summed E-state index contributed by atoms with van der Waals surface area (Å²) in [7, 11) is 0. The SMILES string of the molecule is O=c1[nH]cccc1-c1nc2ccccc2n(C2C[C@H]3CCC[C@@H](C2)N3c2ccccccccc2)c1=O. The van der Waals surface area contributed by atoms with Crippen LogP contribution in [-0.4, -0.2) is 26.6 Å². The zero-order valence-corrected chi connectivity index (χ0v) is 20.7. The first-order valence-corrected chi connectivity index (χ1v) is 13.1. The lowest BCUT2D eigenvalue weighted by Gasteiger charge is -2.50. The van der Waals surface area contributed by atoms with E-state index in [1.807, 2.05) is 47.0 Å². The molecule has 2 aromatic heterocycles. The van der Waals surface area contributed by atoms with E-state index in [0.29, 0.717) is 17.6 Å². The number of para-hydroxylation sites is 2. The first-order chi connectivity index (χ1) is 18.2. The highest BCUT2D eigenvalue weighted by molar-refractivity contribution is 5.78. The second-order valence-corrected chi connectivity index (χ2v) is 9.91. The molecule has 6 heteroatoms. The van der Waals surface area contributed by atoms with Gasteiger partial charge < -0.3 is 14.5 Å². The number of nitrogens with one attached hydrogen (secondary N) is 1. The summed E-state index contributed by atoms with van der Waals surface area (Å²) >= 11 is 0. The number of hydrogen-bond donors (Lipinski definition) is 1. The number of pyridine rings is 1. The highest BCUT2D eigenvalue weighted by Crippen LogP contribution is 2.42. The molecule has 2 fully saturated rings. The number of hydrogen-bond acceptors (Lipinski definition) is 4. The van der Waals surface area contributed by atoms with Crippen molar-refractivity contribution in [3.05, 3.63) is 118 Å². The third-order valence-electron chi connectivity index (χ3n) is 7.68. The lowest BCUT2D eigenvalue weighted by Crippen LogP contribution is -2.53. The Hall–Kier alpha value is -4.19. The van der Waals surface area contributed by atoms with E-state index in [1.54, 1.807) is 18.3 Å². The number of piperidine rings is 2. The van der Waals surface area contributed by atoms with Crippen LogP contribution in [0.1, 0.15) is 38.1 Å². The van der Waals surface area contributed by atoms with Crippen LogP contribution in [0.15, 0.2) is 107 Å². The lowest BCUT2D eigenvalue weighted by atomic mass is 9.81. The van der Waals surface area contributed by atoms with Gasteiger partial charge in [-0.15, -0.1) is 0 Å². The van der Waals surface area contributed by atoms with Crippen LogP contribution in [-0.2, 0) is 0 Å². The van der Waals surface area contributed by atoms with Crippen molar-refractivity contribution in [2.24, 2.45) is 0 Å². The van der Waals surface area contributed by atoms with Crippen LogP contribution in [0.2, 0.25) is 0 Å². The molecule has 2 bridgehead atoms. The number of aromatic nitrogens is 3. The van der Waals surface area contributed by atoms with Crippen LogP contribution >= 0.6 is 0 Å². The number of fused-ring (bicyclic) bond motifs is 3. The molecule has 0 radical (unpaired) electrons. The molecule has 4 heterocycles. The summed E-state index contributed by atoms with van der Waals surface area (Å²) in [5, 5.41) is 0. The fourth-order valence-electron chi connectivity index (χ4n) is 6.14. The Morgan fingerprint density at radius 3 is 2.08 bits per heavy atom. The topological polar surface area (TPSA) is 71.0 Å². The second-order valence-electron chi connectivity index (χ2n) is 9.91. The van der Waals surface area contributed by atoms with E-state index in [-0.39, 0.29) is 22.9 Å². The average Bonchev–Trinajstić information content (AvgIpc) is 2.91. The lowest BCUT2D eigenvalue weighted by molar-refractivity contribution is 0.230. The Labute approximate surface area is 215 Å². The number of nitrogens with zero attached hydrogens (tertiary/aromatic N) is 3. The smallest absolute Gasteiger partial charge is 0.278 e. The summed E-state index contributed by atoms with van der Waals surface area (Å²) in [5.41, 5.74) is 2.82. The van der Waals surface area contributed by atoms with Crippen molar-refractivity contribution in [1.82, 2.24) is 14.5 Å². The zero-order valence-electron chi connectivity index (χ0n) is 20.7. The number of anilines is 1. The van der Waals surface area contributed by atoms with E-state index < -0.39 is 0 Å². The van der Waals surface area contributed by atoms with Crippen molar-refractivity contribution in [2.75, 3.05) is 4.90 Å². The number of aromatic amines is 1. The molecule has 2 aliphatic heterocycles. The summed E-state index contributed by atoms with van der Waals surface area (Å²) in [4.78, 5) is 36.5. The molecule has 2 aromatic carbocycles. The zero-order chi connectivity index (χ0) is 25.2. The van der Waals surface area contributed by atoms with Crippen LogP contribution in [0.3, 0.4) is 0 Å². The van der Waals surface area contributed by atoms with Crippen LogP contribution in [0, 0.1) is 0 Å². The van der Waals surface area contributed by atoms with Crippen molar-refractivity contribution in [1.29, 1.82) is 0 Å². The number of rotatable bonds is 3. The summed E-state index contributed by atoms with van der Waals surface area (Å²) < 4.78 is 1.93. The Kier molecular flexibility index (Phi) is 6.31. The molecule has 1 N–H and O–H groups in total. The largest absolute Gasteiger partial charge is 0.365 e. The molecule has 0 saturated carbocycles. The third-order valence-corrected chi connectivity index (χ3v) is 7.68. The third kappa shape index (κ3) is 4.44. The molecular weight excluding hydrogens is 460 g/mol. The van der Waals surface area contributed by atoms with E-state index in [4.69, 9.17) is 0 Å². The molecule has 2 saturated heterocycles. The molecule has 186 valence electrons. The van der Waals surface area contributed by atoms with Gasteiger partial charge in [0.25, 0.3) is 11.1 Å². The normalized spacial score (nSPS) is 20.9. The molecule has 6 nitrogen and oxygen atoms in total. The van der Waals surface area contributed by atoms with Crippen LogP contribution in [0.25, 0.3) is 22.3 Å². The fourth-order valence-corrected chi connectivity index (χ4v) is 6.14. The maximum atomic E-state index is 14.0. The highest BCUT2D eigenvalue weighted by atomic mass is 16.1. The van der Waals surface area contributed by atoms with Crippen molar-refractivity contribution in [2.45, 2.75) is 50.2 Å². The van der Waals surface area contributed by atoms with Gasteiger partial charge in [-0.25, -0.2) is 4.98 Å². The average molecular weight is 491 g/mol. The van der Waals surface area contributed by atoms with E-state index in [0.717, 1.165) is 36.7 Å². The van der Waals surface area contributed by atoms with Crippen LogP contribution < -0.4 is 16.0 Å². The van der Waals surface area contributed by atoms with Gasteiger partial charge in [0.15, 0.2) is 0 Å². The minimum absolute atomic E-state index is 0.0379. The van der Waals surface area contributed by atoms with E-state index >= 15 is 0 Å². The molecule has 0 aliphatic carbocycles. The Morgan fingerprint density at radius 1 is 0.730 bits per heavy atom. The number of benzene rings is 1. The molecule has 4 aromatic rings. The monoisotopic (exact) mass is 490 g/mol. The van der Waals surface area contributed by atoms with Gasteiger partial charge in [0, 0.05) is 30.0 Å². The first kappa shape index (κ1) is 23.2. The quantitative estimate of drug-likeness (QED) is 0.404. The summed E-state index contributed by atoms with van der Waals surface area (Å²) in [6.45, 7) is 0. The van der Waals surface area contributed by atoms with Crippen LogP contribution in [0.5, 0.6) is 0 Å².